The Bertz CT molecular complexity index is 1000. The molecule has 3 aromatic rings. The Balaban J connectivity index is 1.42. The van der Waals surface area contributed by atoms with Crippen LogP contribution in [-0.2, 0) is 4.74 Å². The van der Waals surface area contributed by atoms with Gasteiger partial charge in [0.15, 0.2) is 10.9 Å². The molecule has 1 saturated heterocycles. The molecule has 1 aliphatic heterocycles. The lowest BCUT2D eigenvalue weighted by Crippen LogP contribution is -2.48. The smallest absolute Gasteiger partial charge is 0.274 e. The van der Waals surface area contributed by atoms with Gasteiger partial charge in [0.25, 0.3) is 5.91 Å². The van der Waals surface area contributed by atoms with Gasteiger partial charge in [-0.05, 0) is 23.6 Å². The molecular formula is C16H16ClN7O3S. The molecule has 1 aliphatic rings. The molecule has 1 fully saturated rings. The van der Waals surface area contributed by atoms with Crippen LogP contribution >= 0.6 is 23.4 Å². The summed E-state index contributed by atoms with van der Waals surface area (Å²) in [6.45, 7) is 1.35. The minimum absolute atomic E-state index is 0.187. The number of hydrogen-bond acceptors (Lipinski definition) is 9. The second-order valence-corrected chi connectivity index (χ2v) is 7.08. The molecule has 0 spiro atoms. The van der Waals surface area contributed by atoms with Crippen molar-refractivity contribution in [2.45, 2.75) is 11.3 Å². The predicted octanol–water partition coefficient (Wildman–Crippen LogP) is 0.961. The van der Waals surface area contributed by atoms with E-state index in [1.165, 1.54) is 22.8 Å². The summed E-state index contributed by atoms with van der Waals surface area (Å²) in [4.78, 5) is 33.9. The molecule has 0 N–H and O–H groups in total. The third kappa shape index (κ3) is 3.86. The number of hydrogen-bond donors (Lipinski definition) is 0. The highest BCUT2D eigenvalue weighted by Gasteiger charge is 2.28. The first-order chi connectivity index (χ1) is 13.7. The SMILES string of the molecule is CSc1ncc(Cl)c(C(=O)N2CCOC(COn3nnc4cccnc43)C2)n1. The lowest BCUT2D eigenvalue weighted by molar-refractivity contribution is -0.0681. The summed E-state index contributed by atoms with van der Waals surface area (Å²) in [7, 11) is 0. The fraction of sp³-hybridized carbons (Fsp3) is 0.375. The van der Waals surface area contributed by atoms with Crippen LogP contribution in [0.3, 0.4) is 0 Å². The van der Waals surface area contributed by atoms with Crippen molar-refractivity contribution in [3.63, 3.8) is 0 Å². The number of rotatable bonds is 5. The van der Waals surface area contributed by atoms with Gasteiger partial charge in [-0.2, -0.15) is 0 Å². The van der Waals surface area contributed by atoms with Gasteiger partial charge in [0.05, 0.1) is 24.4 Å². The molecule has 10 nitrogen and oxygen atoms in total. The molecule has 1 atom stereocenters. The van der Waals surface area contributed by atoms with E-state index in [4.69, 9.17) is 21.2 Å². The lowest BCUT2D eigenvalue weighted by Gasteiger charge is -2.32. The fourth-order valence-corrected chi connectivity index (χ4v) is 3.25. The quantitative estimate of drug-likeness (QED) is 0.439. The Hall–Kier alpha value is -2.50. The highest BCUT2D eigenvalue weighted by atomic mass is 35.5. The number of carbonyl (C=O) groups excluding carboxylic acids is 1. The topological polar surface area (TPSA) is 108 Å². The zero-order chi connectivity index (χ0) is 19.5. The normalized spacial score (nSPS) is 17.1. The van der Waals surface area contributed by atoms with Crippen molar-refractivity contribution in [1.82, 2.24) is 35.0 Å². The zero-order valence-corrected chi connectivity index (χ0v) is 16.4. The van der Waals surface area contributed by atoms with Crippen molar-refractivity contribution < 1.29 is 14.4 Å². The first kappa shape index (κ1) is 18.8. The van der Waals surface area contributed by atoms with Crippen molar-refractivity contribution in [2.75, 3.05) is 32.6 Å². The van der Waals surface area contributed by atoms with E-state index in [-0.39, 0.29) is 29.3 Å². The van der Waals surface area contributed by atoms with Crippen LogP contribution in [-0.4, -0.2) is 79.6 Å². The van der Waals surface area contributed by atoms with Crippen LogP contribution in [0.1, 0.15) is 10.5 Å². The molecule has 0 radical (unpaired) electrons. The number of nitrogens with zero attached hydrogens (tertiary/aromatic N) is 7. The predicted molar refractivity (Wildman–Crippen MR) is 101 cm³/mol. The molecule has 1 amide bonds. The maximum atomic E-state index is 12.9. The standard InChI is InChI=1S/C16H16ClN7O3S/c1-28-16-19-7-11(17)13(20-16)15(25)23-5-6-26-10(8-23)9-27-24-14-12(21-22-24)3-2-4-18-14/h2-4,7,10H,5-6,8-9H2,1H3. The summed E-state index contributed by atoms with van der Waals surface area (Å²) < 4.78 is 5.71. The van der Waals surface area contributed by atoms with E-state index < -0.39 is 0 Å². The molecule has 0 saturated carbocycles. The highest BCUT2D eigenvalue weighted by Crippen LogP contribution is 2.19. The van der Waals surface area contributed by atoms with E-state index in [1.54, 1.807) is 23.2 Å². The van der Waals surface area contributed by atoms with Gasteiger partial charge >= 0.3 is 0 Å². The van der Waals surface area contributed by atoms with E-state index >= 15 is 0 Å². The van der Waals surface area contributed by atoms with E-state index in [0.717, 1.165) is 0 Å². The summed E-state index contributed by atoms with van der Waals surface area (Å²) in [6.07, 6.45) is 4.58. The number of aromatic nitrogens is 6. The van der Waals surface area contributed by atoms with Gasteiger partial charge in [-0.3, -0.25) is 4.79 Å². The van der Waals surface area contributed by atoms with Gasteiger partial charge in [-0.15, -0.1) is 5.10 Å². The van der Waals surface area contributed by atoms with Crippen molar-refractivity contribution in [2.24, 2.45) is 0 Å². The van der Waals surface area contributed by atoms with Gasteiger partial charge in [-0.1, -0.05) is 28.2 Å². The number of carbonyl (C=O) groups is 1. The average molecular weight is 422 g/mol. The number of fused-ring (bicyclic) bond motifs is 1. The zero-order valence-electron chi connectivity index (χ0n) is 14.9. The van der Waals surface area contributed by atoms with Gasteiger partial charge < -0.3 is 14.5 Å². The molecule has 3 aromatic heterocycles. The summed E-state index contributed by atoms with van der Waals surface area (Å²) in [6, 6.07) is 3.57. The molecule has 0 aromatic carbocycles. The number of halogens is 1. The Kier molecular flexibility index (Phi) is 5.55. The Morgan fingerprint density at radius 3 is 3.21 bits per heavy atom. The first-order valence-electron chi connectivity index (χ1n) is 8.43. The van der Waals surface area contributed by atoms with Crippen molar-refractivity contribution >= 4 is 40.4 Å². The van der Waals surface area contributed by atoms with Crippen molar-refractivity contribution in [1.29, 1.82) is 0 Å². The molecule has 12 heteroatoms. The Labute approximate surface area is 169 Å². The van der Waals surface area contributed by atoms with Gasteiger partial charge in [0, 0.05) is 12.7 Å². The third-order valence-electron chi connectivity index (χ3n) is 4.10. The average Bonchev–Trinajstić information content (AvgIpc) is 3.15. The summed E-state index contributed by atoms with van der Waals surface area (Å²) in [5, 5.41) is 8.62. The van der Waals surface area contributed by atoms with Gasteiger partial charge in [0.2, 0.25) is 5.65 Å². The fourth-order valence-electron chi connectivity index (χ4n) is 2.74. The largest absolute Gasteiger partial charge is 0.391 e. The molecule has 28 heavy (non-hydrogen) atoms. The monoisotopic (exact) mass is 421 g/mol. The third-order valence-corrected chi connectivity index (χ3v) is 4.94. The van der Waals surface area contributed by atoms with Crippen LogP contribution in [0.2, 0.25) is 5.02 Å². The lowest BCUT2D eigenvalue weighted by atomic mass is 10.2. The highest BCUT2D eigenvalue weighted by molar-refractivity contribution is 7.98. The number of pyridine rings is 1. The maximum Gasteiger partial charge on any atom is 0.274 e. The summed E-state index contributed by atoms with van der Waals surface area (Å²) >= 11 is 7.47. The van der Waals surface area contributed by atoms with Crippen LogP contribution in [0.25, 0.3) is 11.2 Å². The minimum atomic E-state index is -0.332. The van der Waals surface area contributed by atoms with Crippen molar-refractivity contribution in [3.8, 4) is 0 Å². The van der Waals surface area contributed by atoms with Crippen LogP contribution in [0, 0.1) is 0 Å². The molecule has 4 heterocycles. The Morgan fingerprint density at radius 2 is 2.36 bits per heavy atom. The van der Waals surface area contributed by atoms with Crippen LogP contribution in [0.4, 0.5) is 0 Å². The maximum absolute atomic E-state index is 12.9. The van der Waals surface area contributed by atoms with Crippen molar-refractivity contribution in [3.05, 3.63) is 35.2 Å². The van der Waals surface area contributed by atoms with Crippen LogP contribution in [0.5, 0.6) is 0 Å². The van der Waals surface area contributed by atoms with E-state index in [0.29, 0.717) is 36.0 Å². The minimum Gasteiger partial charge on any atom is -0.391 e. The first-order valence-corrected chi connectivity index (χ1v) is 10.0. The molecule has 0 bridgehead atoms. The second kappa shape index (κ2) is 8.25. The van der Waals surface area contributed by atoms with Gasteiger partial charge in [-0.25, -0.2) is 15.0 Å². The summed E-state index contributed by atoms with van der Waals surface area (Å²) in [5.41, 5.74) is 1.34. The molecule has 1 unspecified atom stereocenters. The summed E-state index contributed by atoms with van der Waals surface area (Å²) in [5.74, 6) is -0.260. The van der Waals surface area contributed by atoms with E-state index in [2.05, 4.69) is 25.3 Å². The number of ether oxygens (including phenoxy) is 1. The Morgan fingerprint density at radius 1 is 1.46 bits per heavy atom. The molecule has 4 rings (SSSR count). The molecule has 0 aliphatic carbocycles. The number of thioether (sulfide) groups is 1. The number of amides is 1. The van der Waals surface area contributed by atoms with Crippen LogP contribution < -0.4 is 4.84 Å². The van der Waals surface area contributed by atoms with E-state index in [1.807, 2.05) is 6.26 Å². The number of morpholine rings is 1. The van der Waals surface area contributed by atoms with Crippen LogP contribution in [0.15, 0.2) is 29.7 Å². The molecular weight excluding hydrogens is 406 g/mol. The second-order valence-electron chi connectivity index (χ2n) is 5.90. The van der Waals surface area contributed by atoms with E-state index in [9.17, 15) is 4.79 Å². The molecule has 146 valence electrons. The van der Waals surface area contributed by atoms with Gasteiger partial charge in [0.1, 0.15) is 18.2 Å².